The fraction of sp³-hybridized carbons (Fsp3) is 0.280. The van der Waals surface area contributed by atoms with Crippen LogP contribution >= 0.6 is 15.9 Å². The van der Waals surface area contributed by atoms with Gasteiger partial charge in [-0.2, -0.15) is 15.4 Å². The van der Waals surface area contributed by atoms with Crippen LogP contribution in [-0.2, 0) is 16.2 Å². The van der Waals surface area contributed by atoms with Crippen LogP contribution in [0.4, 0.5) is 0 Å². The number of allylic oxidation sites excluding steroid dienone is 2. The smallest absolute Gasteiger partial charge is 0.254 e. The summed E-state index contributed by atoms with van der Waals surface area (Å²) in [6.07, 6.45) is 7.65. The number of nitriles is 1. The van der Waals surface area contributed by atoms with Crippen molar-refractivity contribution in [1.82, 2.24) is 5.01 Å². The van der Waals surface area contributed by atoms with E-state index in [4.69, 9.17) is 4.74 Å². The normalized spacial score (nSPS) is 25.9. The van der Waals surface area contributed by atoms with Crippen molar-refractivity contribution >= 4 is 34.0 Å². The molecule has 32 heavy (non-hydrogen) atoms. The monoisotopic (exact) mass is 489 g/mol. The molecule has 2 aromatic rings. The molecule has 1 aliphatic heterocycles. The summed E-state index contributed by atoms with van der Waals surface area (Å²) in [5, 5.41) is 14.5. The van der Waals surface area contributed by atoms with E-state index in [0.29, 0.717) is 15.8 Å². The average Bonchev–Trinajstić information content (AvgIpc) is 3.10. The molecule has 1 heterocycles. The van der Waals surface area contributed by atoms with Crippen molar-refractivity contribution < 1.29 is 14.3 Å². The summed E-state index contributed by atoms with van der Waals surface area (Å²) in [6.45, 7) is 0.270. The zero-order valence-corrected chi connectivity index (χ0v) is 18.7. The van der Waals surface area contributed by atoms with Gasteiger partial charge >= 0.3 is 0 Å². The molecule has 1 saturated heterocycles. The number of amides is 2. The number of benzene rings is 2. The maximum atomic E-state index is 12.9. The largest absolute Gasteiger partial charge is 0.488 e. The Kier molecular flexibility index (Phi) is 5.40. The molecule has 0 spiro atoms. The van der Waals surface area contributed by atoms with Crippen molar-refractivity contribution in [3.8, 4) is 11.8 Å². The second-order valence-corrected chi connectivity index (χ2v) is 9.18. The lowest BCUT2D eigenvalue weighted by Gasteiger charge is -2.37. The number of fused-ring (bicyclic) bond motifs is 1. The highest BCUT2D eigenvalue weighted by atomic mass is 79.9. The number of halogens is 1. The molecule has 3 aliphatic carbocycles. The predicted octanol–water partition coefficient (Wildman–Crippen LogP) is 4.43. The summed E-state index contributed by atoms with van der Waals surface area (Å²) in [6, 6.07) is 14.9. The van der Waals surface area contributed by atoms with Crippen molar-refractivity contribution in [1.29, 1.82) is 5.26 Å². The first-order chi connectivity index (χ1) is 15.6. The first-order valence-corrected chi connectivity index (χ1v) is 11.4. The van der Waals surface area contributed by atoms with E-state index in [-0.39, 0.29) is 42.1 Å². The van der Waals surface area contributed by atoms with Crippen LogP contribution in [0.1, 0.15) is 29.5 Å². The van der Waals surface area contributed by atoms with Crippen molar-refractivity contribution in [2.24, 2.45) is 28.8 Å². The molecule has 2 amide bonds. The van der Waals surface area contributed by atoms with Gasteiger partial charge in [0.05, 0.1) is 34.2 Å². The molecule has 0 aromatic heterocycles. The highest BCUT2D eigenvalue weighted by Crippen LogP contribution is 2.49. The molecule has 0 unspecified atom stereocenters. The summed E-state index contributed by atoms with van der Waals surface area (Å²) in [4.78, 5) is 25.7. The van der Waals surface area contributed by atoms with Gasteiger partial charge in [-0.05, 0) is 70.4 Å². The molecular formula is C25H20BrN3O3. The van der Waals surface area contributed by atoms with E-state index >= 15 is 0 Å². The maximum Gasteiger partial charge on any atom is 0.254 e. The highest BCUT2D eigenvalue weighted by molar-refractivity contribution is 9.10. The van der Waals surface area contributed by atoms with Crippen LogP contribution in [0, 0.1) is 35.0 Å². The Hall–Kier alpha value is -3.24. The number of hydrazone groups is 1. The SMILES string of the molecule is N#Cc1ccccc1COc1ccc(/C=N\N2C(=O)[C@@H]3[C@H](C2=O)[C@H]2C=C[C@H]3CC2)cc1Br. The maximum absolute atomic E-state index is 12.9. The standard InChI is InChI=1S/C25H20BrN3O3/c26-20-11-15(5-10-21(20)32-14-19-4-2-1-3-18(19)12-27)13-28-29-24(30)22-16-6-7-17(9-8-16)23(22)25(29)31/h1-7,10-11,13,16-17,22-23H,8-9,14H2/b28-13-/t16-,17-,22-,23+/m0/s1. The van der Waals surface area contributed by atoms with E-state index < -0.39 is 0 Å². The molecular weight excluding hydrogens is 470 g/mol. The Labute approximate surface area is 194 Å². The average molecular weight is 490 g/mol. The van der Waals surface area contributed by atoms with Gasteiger partial charge in [-0.3, -0.25) is 9.59 Å². The van der Waals surface area contributed by atoms with Crippen molar-refractivity contribution in [3.05, 3.63) is 75.8 Å². The summed E-state index contributed by atoms with van der Waals surface area (Å²) in [5.41, 5.74) is 2.12. The van der Waals surface area contributed by atoms with Gasteiger partial charge in [0.1, 0.15) is 12.4 Å². The number of carbonyl (C=O) groups excluding carboxylic acids is 2. The summed E-state index contributed by atoms with van der Waals surface area (Å²) in [5.74, 6) is 0.0222. The predicted molar refractivity (Wildman–Crippen MR) is 121 cm³/mol. The van der Waals surface area contributed by atoms with E-state index in [9.17, 15) is 14.9 Å². The van der Waals surface area contributed by atoms with Gasteiger partial charge < -0.3 is 4.74 Å². The molecule has 160 valence electrons. The molecule has 7 heteroatoms. The Morgan fingerprint density at radius 2 is 1.78 bits per heavy atom. The lowest BCUT2D eigenvalue weighted by Crippen LogP contribution is -2.38. The zero-order valence-electron chi connectivity index (χ0n) is 17.1. The quantitative estimate of drug-likeness (QED) is 0.353. The van der Waals surface area contributed by atoms with Gasteiger partial charge in [0, 0.05) is 5.56 Å². The minimum Gasteiger partial charge on any atom is -0.488 e. The second-order valence-electron chi connectivity index (χ2n) is 8.32. The Morgan fingerprint density at radius 1 is 1.09 bits per heavy atom. The first-order valence-electron chi connectivity index (χ1n) is 10.6. The fourth-order valence-corrected chi connectivity index (χ4v) is 5.43. The molecule has 4 atom stereocenters. The highest BCUT2D eigenvalue weighted by Gasteiger charge is 2.56. The third-order valence-electron chi connectivity index (χ3n) is 6.54. The van der Waals surface area contributed by atoms with E-state index in [1.165, 1.54) is 6.21 Å². The molecule has 4 aliphatic rings. The van der Waals surface area contributed by atoms with Crippen LogP contribution < -0.4 is 4.74 Å². The van der Waals surface area contributed by atoms with Crippen molar-refractivity contribution in [2.75, 3.05) is 0 Å². The van der Waals surface area contributed by atoms with Crippen LogP contribution in [-0.4, -0.2) is 23.0 Å². The molecule has 2 fully saturated rings. The number of imide groups is 1. The van der Waals surface area contributed by atoms with Gasteiger partial charge in [-0.1, -0.05) is 30.4 Å². The Morgan fingerprint density at radius 3 is 2.41 bits per heavy atom. The summed E-state index contributed by atoms with van der Waals surface area (Å²) in [7, 11) is 0. The number of ether oxygens (including phenoxy) is 1. The molecule has 2 aromatic carbocycles. The molecule has 6 rings (SSSR count). The topological polar surface area (TPSA) is 82.8 Å². The lowest BCUT2D eigenvalue weighted by atomic mass is 9.63. The van der Waals surface area contributed by atoms with E-state index in [2.05, 4.69) is 39.3 Å². The minimum atomic E-state index is -0.262. The minimum absolute atomic E-state index is 0.151. The van der Waals surface area contributed by atoms with Crippen LogP contribution in [0.5, 0.6) is 5.75 Å². The van der Waals surface area contributed by atoms with E-state index in [0.717, 1.165) is 29.0 Å². The van der Waals surface area contributed by atoms with Crippen LogP contribution in [0.15, 0.2) is 64.2 Å². The summed E-state index contributed by atoms with van der Waals surface area (Å²) >= 11 is 3.50. The van der Waals surface area contributed by atoms with Gasteiger partial charge in [0.25, 0.3) is 11.8 Å². The zero-order chi connectivity index (χ0) is 22.2. The van der Waals surface area contributed by atoms with Crippen LogP contribution in [0.3, 0.4) is 0 Å². The third kappa shape index (κ3) is 3.55. The van der Waals surface area contributed by atoms with Gasteiger partial charge in [0.2, 0.25) is 0 Å². The summed E-state index contributed by atoms with van der Waals surface area (Å²) < 4.78 is 6.57. The first kappa shape index (κ1) is 20.7. The van der Waals surface area contributed by atoms with E-state index in [1.807, 2.05) is 30.3 Å². The van der Waals surface area contributed by atoms with Gasteiger partial charge in [-0.15, -0.1) is 0 Å². The fourth-order valence-electron chi connectivity index (χ4n) is 4.92. The molecule has 6 nitrogen and oxygen atoms in total. The number of nitrogens with zero attached hydrogens (tertiary/aromatic N) is 3. The number of hydrogen-bond donors (Lipinski definition) is 0. The van der Waals surface area contributed by atoms with Gasteiger partial charge in [0.15, 0.2) is 0 Å². The van der Waals surface area contributed by atoms with Crippen molar-refractivity contribution in [3.63, 3.8) is 0 Å². The Balaban J connectivity index is 1.28. The second kappa shape index (κ2) is 8.36. The van der Waals surface area contributed by atoms with Crippen LogP contribution in [0.2, 0.25) is 0 Å². The van der Waals surface area contributed by atoms with Crippen molar-refractivity contribution in [2.45, 2.75) is 19.4 Å². The number of carbonyl (C=O) groups is 2. The third-order valence-corrected chi connectivity index (χ3v) is 7.15. The van der Waals surface area contributed by atoms with Gasteiger partial charge in [-0.25, -0.2) is 0 Å². The molecule has 1 saturated carbocycles. The molecule has 2 bridgehead atoms. The number of rotatable bonds is 5. The lowest BCUT2D eigenvalue weighted by molar-refractivity contribution is -0.140. The number of hydrogen-bond acceptors (Lipinski definition) is 5. The molecule has 0 N–H and O–H groups in total. The van der Waals surface area contributed by atoms with E-state index in [1.54, 1.807) is 12.1 Å². The molecule has 0 radical (unpaired) electrons. The Bertz CT molecular complexity index is 1170. The van der Waals surface area contributed by atoms with Crippen LogP contribution in [0.25, 0.3) is 0 Å².